The van der Waals surface area contributed by atoms with Gasteiger partial charge in [-0.05, 0) is 39.1 Å². The van der Waals surface area contributed by atoms with E-state index in [2.05, 4.69) is 15.3 Å². The fraction of sp³-hybridized carbons (Fsp3) is 0.429. The first-order valence-electron chi connectivity index (χ1n) is 9.55. The molecule has 148 valence electrons. The Morgan fingerprint density at radius 1 is 1.25 bits per heavy atom. The number of benzene rings is 1. The van der Waals surface area contributed by atoms with E-state index in [1.807, 2.05) is 48.2 Å². The first kappa shape index (κ1) is 19.9. The van der Waals surface area contributed by atoms with Crippen LogP contribution in [0.3, 0.4) is 0 Å². The van der Waals surface area contributed by atoms with Crippen LogP contribution in [0.5, 0.6) is 0 Å². The zero-order valence-electron chi connectivity index (χ0n) is 16.7. The van der Waals surface area contributed by atoms with Crippen LogP contribution < -0.4 is 5.32 Å². The Morgan fingerprint density at radius 3 is 2.79 bits per heavy atom. The summed E-state index contributed by atoms with van der Waals surface area (Å²) in [6.07, 6.45) is 5.31. The van der Waals surface area contributed by atoms with Gasteiger partial charge in [0.25, 0.3) is 0 Å². The van der Waals surface area contributed by atoms with Gasteiger partial charge in [0.05, 0.1) is 17.9 Å². The van der Waals surface area contributed by atoms with Crippen LogP contribution in [0.4, 0.5) is 5.69 Å². The monoisotopic (exact) mass is 381 g/mol. The Kier molecular flexibility index (Phi) is 6.36. The molecule has 1 aromatic heterocycles. The normalized spacial score (nSPS) is 16.9. The predicted molar refractivity (Wildman–Crippen MR) is 109 cm³/mol. The average Bonchev–Trinajstić information content (AvgIpc) is 2.67. The van der Waals surface area contributed by atoms with E-state index in [-0.39, 0.29) is 17.7 Å². The van der Waals surface area contributed by atoms with E-state index in [9.17, 15) is 9.59 Å². The summed E-state index contributed by atoms with van der Waals surface area (Å²) in [4.78, 5) is 36.9. The molecule has 1 aromatic carbocycles. The maximum Gasteiger partial charge on any atom is 0.236 e. The summed E-state index contributed by atoms with van der Waals surface area (Å²) < 4.78 is 0. The molecule has 3 rings (SSSR count). The molecule has 0 aliphatic carbocycles. The molecule has 7 nitrogen and oxygen atoms in total. The third-order valence-electron chi connectivity index (χ3n) is 4.80. The lowest BCUT2D eigenvalue weighted by atomic mass is 9.91. The van der Waals surface area contributed by atoms with Crippen molar-refractivity contribution in [2.24, 2.45) is 0 Å². The lowest BCUT2D eigenvalue weighted by molar-refractivity contribution is -0.133. The van der Waals surface area contributed by atoms with Gasteiger partial charge >= 0.3 is 0 Å². The largest absolute Gasteiger partial charge is 0.341 e. The number of carbonyl (C=O) groups is 2. The molecule has 2 aromatic rings. The van der Waals surface area contributed by atoms with Crippen molar-refractivity contribution < 1.29 is 9.59 Å². The molecule has 1 fully saturated rings. The van der Waals surface area contributed by atoms with Gasteiger partial charge in [-0.15, -0.1) is 0 Å². The second-order valence-electron chi connectivity index (χ2n) is 7.47. The van der Waals surface area contributed by atoms with Crippen molar-refractivity contribution in [1.82, 2.24) is 19.8 Å². The smallest absolute Gasteiger partial charge is 0.236 e. The lowest BCUT2D eigenvalue weighted by Gasteiger charge is -2.33. The molecule has 1 aliphatic heterocycles. The molecule has 2 heterocycles. The predicted octanol–water partition coefficient (Wildman–Crippen LogP) is 2.37. The number of rotatable bonds is 5. The number of anilines is 1. The molecule has 1 atom stereocenters. The molecule has 0 bridgehead atoms. The van der Waals surface area contributed by atoms with Crippen molar-refractivity contribution in [2.75, 3.05) is 39.0 Å². The molecular formula is C21H27N5O2. The van der Waals surface area contributed by atoms with Crippen molar-refractivity contribution in [3.63, 3.8) is 0 Å². The van der Waals surface area contributed by atoms with Crippen LogP contribution in [0.15, 0.2) is 36.7 Å². The highest BCUT2D eigenvalue weighted by Gasteiger charge is 2.28. The minimum atomic E-state index is -0.112. The Balaban J connectivity index is 1.86. The van der Waals surface area contributed by atoms with Gasteiger partial charge in [-0.25, -0.2) is 0 Å². The van der Waals surface area contributed by atoms with E-state index in [4.69, 9.17) is 0 Å². The Hall–Kier alpha value is -2.80. The van der Waals surface area contributed by atoms with Gasteiger partial charge in [0.2, 0.25) is 11.8 Å². The molecule has 0 radical (unpaired) electrons. The molecular weight excluding hydrogens is 354 g/mol. The number of carbonyl (C=O) groups excluding carboxylic acids is 2. The van der Waals surface area contributed by atoms with Gasteiger partial charge in [0.15, 0.2) is 0 Å². The highest BCUT2D eigenvalue weighted by Crippen LogP contribution is 2.32. The number of likely N-dealkylation sites (N-methyl/N-ethyl adjacent to an activating group) is 1. The zero-order chi connectivity index (χ0) is 20.1. The first-order valence-corrected chi connectivity index (χ1v) is 9.55. The molecule has 0 spiro atoms. The van der Waals surface area contributed by atoms with Crippen molar-refractivity contribution in [1.29, 1.82) is 0 Å². The third-order valence-corrected chi connectivity index (χ3v) is 4.80. The van der Waals surface area contributed by atoms with Crippen LogP contribution in [-0.2, 0) is 9.59 Å². The van der Waals surface area contributed by atoms with E-state index in [1.165, 1.54) is 6.92 Å². The van der Waals surface area contributed by atoms with Crippen LogP contribution in [0.1, 0.15) is 31.4 Å². The van der Waals surface area contributed by atoms with Crippen molar-refractivity contribution in [2.45, 2.75) is 25.7 Å². The van der Waals surface area contributed by atoms with Gasteiger partial charge < -0.3 is 15.1 Å². The fourth-order valence-electron chi connectivity index (χ4n) is 3.61. The van der Waals surface area contributed by atoms with E-state index in [0.29, 0.717) is 13.1 Å². The first-order chi connectivity index (χ1) is 13.4. The summed E-state index contributed by atoms with van der Waals surface area (Å²) in [5.41, 5.74) is 3.35. The number of amides is 2. The van der Waals surface area contributed by atoms with E-state index in [1.54, 1.807) is 12.4 Å². The molecule has 1 N–H and O–H groups in total. The minimum Gasteiger partial charge on any atom is -0.341 e. The van der Waals surface area contributed by atoms with E-state index >= 15 is 0 Å². The molecule has 1 saturated heterocycles. The molecule has 0 saturated carbocycles. The second kappa shape index (κ2) is 8.93. The fourth-order valence-corrected chi connectivity index (χ4v) is 3.61. The minimum absolute atomic E-state index is 0.112. The highest BCUT2D eigenvalue weighted by atomic mass is 16.2. The SMILES string of the molecule is CC(=O)Nc1cccc(-c2nccnc2[C@@H]2CCCN(C(=O)CN(C)C)C2)c1. The maximum atomic E-state index is 12.5. The Bertz CT molecular complexity index is 852. The topological polar surface area (TPSA) is 78.4 Å². The van der Waals surface area contributed by atoms with Crippen LogP contribution >= 0.6 is 0 Å². The summed E-state index contributed by atoms with van der Waals surface area (Å²) in [6.45, 7) is 3.35. The van der Waals surface area contributed by atoms with Crippen LogP contribution in [0.2, 0.25) is 0 Å². The van der Waals surface area contributed by atoms with Crippen molar-refractivity contribution in [3.05, 3.63) is 42.4 Å². The standard InChI is InChI=1S/C21H27N5O2/c1-15(27)24-18-8-4-6-16(12-18)20-21(23-10-9-22-20)17-7-5-11-26(13-17)19(28)14-25(2)3/h4,6,8-10,12,17H,5,7,11,13-14H2,1-3H3,(H,24,27)/t17-/m1/s1. The van der Waals surface area contributed by atoms with Gasteiger partial charge in [-0.2, -0.15) is 0 Å². The average molecular weight is 381 g/mol. The van der Waals surface area contributed by atoms with Crippen molar-refractivity contribution in [3.8, 4) is 11.3 Å². The second-order valence-corrected chi connectivity index (χ2v) is 7.47. The van der Waals surface area contributed by atoms with Crippen LogP contribution in [0, 0.1) is 0 Å². The Labute approximate surface area is 165 Å². The summed E-state index contributed by atoms with van der Waals surface area (Å²) in [5, 5.41) is 2.81. The van der Waals surface area contributed by atoms with Crippen LogP contribution in [-0.4, -0.2) is 65.3 Å². The number of aromatic nitrogens is 2. The maximum absolute atomic E-state index is 12.5. The quantitative estimate of drug-likeness (QED) is 0.860. The summed E-state index contributed by atoms with van der Waals surface area (Å²) in [6, 6.07) is 7.62. The number of piperidine rings is 1. The number of nitrogens with zero attached hydrogens (tertiary/aromatic N) is 4. The van der Waals surface area contributed by atoms with E-state index in [0.717, 1.165) is 42.0 Å². The summed E-state index contributed by atoms with van der Waals surface area (Å²) >= 11 is 0. The van der Waals surface area contributed by atoms with Crippen LogP contribution in [0.25, 0.3) is 11.3 Å². The molecule has 2 amide bonds. The molecule has 0 unspecified atom stereocenters. The zero-order valence-corrected chi connectivity index (χ0v) is 16.7. The van der Waals surface area contributed by atoms with Gasteiger partial charge in [0, 0.05) is 49.6 Å². The highest BCUT2D eigenvalue weighted by molar-refractivity contribution is 5.89. The number of hydrogen-bond acceptors (Lipinski definition) is 5. The van der Waals surface area contributed by atoms with Crippen molar-refractivity contribution >= 4 is 17.5 Å². The third kappa shape index (κ3) is 4.92. The van der Waals surface area contributed by atoms with Gasteiger partial charge in [-0.1, -0.05) is 12.1 Å². The Morgan fingerprint density at radius 2 is 2.04 bits per heavy atom. The number of likely N-dealkylation sites (tertiary alicyclic amines) is 1. The summed E-state index contributed by atoms with van der Waals surface area (Å²) in [7, 11) is 3.81. The lowest BCUT2D eigenvalue weighted by Crippen LogP contribution is -2.43. The molecule has 7 heteroatoms. The summed E-state index contributed by atoms with van der Waals surface area (Å²) in [5.74, 6) is 0.180. The number of nitrogens with one attached hydrogen (secondary N) is 1. The number of hydrogen-bond donors (Lipinski definition) is 1. The van der Waals surface area contributed by atoms with Gasteiger partial charge in [-0.3, -0.25) is 19.6 Å². The van der Waals surface area contributed by atoms with Gasteiger partial charge in [0.1, 0.15) is 0 Å². The molecule has 1 aliphatic rings. The van der Waals surface area contributed by atoms with E-state index < -0.39 is 0 Å². The molecule has 28 heavy (non-hydrogen) atoms.